The van der Waals surface area contributed by atoms with E-state index in [2.05, 4.69) is 43.5 Å². The lowest BCUT2D eigenvalue weighted by Crippen LogP contribution is -2.53. The van der Waals surface area contributed by atoms with Crippen LogP contribution in [0.3, 0.4) is 0 Å². The Labute approximate surface area is 189 Å². The molecule has 8 nitrogen and oxygen atoms in total. The largest absolute Gasteiger partial charge is 0.486 e. The summed E-state index contributed by atoms with van der Waals surface area (Å²) in [5.41, 5.74) is 2.45. The highest BCUT2D eigenvalue weighted by atomic mass is 16.6. The molecule has 2 aromatic rings. The minimum absolute atomic E-state index is 0.112. The number of rotatable bonds is 5. The fraction of sp³-hybridized carbons (Fsp3) is 0.583. The summed E-state index contributed by atoms with van der Waals surface area (Å²) in [4.78, 5) is 9.39. The number of hydrogen-bond acceptors (Lipinski definition) is 6. The summed E-state index contributed by atoms with van der Waals surface area (Å²) >= 11 is 0. The van der Waals surface area contributed by atoms with Gasteiger partial charge in [0.15, 0.2) is 17.5 Å². The predicted octanol–water partition coefficient (Wildman–Crippen LogP) is 2.65. The standard InChI is InChI=1S/C24H33N5O3/c1-25-23(29-11-9-28(10-12-29)17-20-6-13-32-27-20)26-18-24(7-2-3-8-24)19-4-5-21-22(16-19)31-15-14-30-21/h4-6,13,16H,2-3,7-12,14-15,17-18H2,1H3,(H,25,26). The second-order valence-corrected chi connectivity index (χ2v) is 9.00. The molecule has 32 heavy (non-hydrogen) atoms. The van der Waals surface area contributed by atoms with Crippen molar-refractivity contribution in [2.45, 2.75) is 37.6 Å². The van der Waals surface area contributed by atoms with Crippen molar-refractivity contribution in [2.24, 2.45) is 4.99 Å². The van der Waals surface area contributed by atoms with Crippen LogP contribution in [0.15, 0.2) is 40.0 Å². The van der Waals surface area contributed by atoms with E-state index < -0.39 is 0 Å². The van der Waals surface area contributed by atoms with Crippen LogP contribution in [0.4, 0.5) is 0 Å². The summed E-state index contributed by atoms with van der Waals surface area (Å²) in [5.74, 6) is 2.74. The smallest absolute Gasteiger partial charge is 0.193 e. The number of benzene rings is 1. The van der Waals surface area contributed by atoms with Crippen LogP contribution in [0, 0.1) is 0 Å². The van der Waals surface area contributed by atoms with Crippen LogP contribution in [0.1, 0.15) is 36.9 Å². The Balaban J connectivity index is 1.22. The lowest BCUT2D eigenvalue weighted by molar-refractivity contribution is 0.168. The lowest BCUT2D eigenvalue weighted by Gasteiger charge is -2.38. The van der Waals surface area contributed by atoms with E-state index in [1.807, 2.05) is 13.1 Å². The number of hydrogen-bond donors (Lipinski definition) is 1. The molecular formula is C24H33N5O3. The highest BCUT2D eigenvalue weighted by Crippen LogP contribution is 2.43. The maximum atomic E-state index is 5.87. The van der Waals surface area contributed by atoms with Crippen LogP contribution < -0.4 is 14.8 Å². The molecule has 1 aromatic carbocycles. The summed E-state index contributed by atoms with van der Waals surface area (Å²) in [6.45, 7) is 6.85. The summed E-state index contributed by atoms with van der Waals surface area (Å²) < 4.78 is 16.6. The molecule has 3 aliphatic rings. The van der Waals surface area contributed by atoms with Crippen molar-refractivity contribution < 1.29 is 14.0 Å². The lowest BCUT2D eigenvalue weighted by atomic mass is 9.78. The number of aliphatic imine (C=N–C) groups is 1. The molecule has 1 saturated heterocycles. The molecule has 8 heteroatoms. The first kappa shape index (κ1) is 21.1. The molecular weight excluding hydrogens is 406 g/mol. The number of fused-ring (bicyclic) bond motifs is 1. The van der Waals surface area contributed by atoms with Crippen molar-refractivity contribution in [2.75, 3.05) is 53.0 Å². The molecule has 2 fully saturated rings. The van der Waals surface area contributed by atoms with Crippen LogP contribution in [-0.2, 0) is 12.0 Å². The Morgan fingerprint density at radius 3 is 2.56 bits per heavy atom. The fourth-order valence-corrected chi connectivity index (χ4v) is 5.24. The molecule has 1 aliphatic carbocycles. The Kier molecular flexibility index (Phi) is 6.21. The van der Waals surface area contributed by atoms with Gasteiger partial charge in [-0.05, 0) is 30.5 Å². The molecule has 1 N–H and O–H groups in total. The van der Waals surface area contributed by atoms with Gasteiger partial charge in [-0.1, -0.05) is 24.1 Å². The SMILES string of the molecule is CN=C(NCC1(c2ccc3c(c2)OCCO3)CCCC1)N1CCN(Cc2ccon2)CC1. The minimum atomic E-state index is 0.112. The molecule has 0 spiro atoms. The molecule has 172 valence electrons. The van der Waals surface area contributed by atoms with Crippen molar-refractivity contribution >= 4 is 5.96 Å². The molecule has 5 rings (SSSR count). The van der Waals surface area contributed by atoms with Gasteiger partial charge in [-0.25, -0.2) is 0 Å². The summed E-state index contributed by atoms with van der Waals surface area (Å²) in [6.07, 6.45) is 6.52. The Morgan fingerprint density at radius 1 is 1.06 bits per heavy atom. The van der Waals surface area contributed by atoms with Crippen LogP contribution in [0.25, 0.3) is 0 Å². The van der Waals surface area contributed by atoms with E-state index in [-0.39, 0.29) is 5.41 Å². The molecule has 0 atom stereocenters. The molecule has 2 aliphatic heterocycles. The zero-order valence-electron chi connectivity index (χ0n) is 18.9. The highest BCUT2D eigenvalue weighted by Gasteiger charge is 2.37. The maximum Gasteiger partial charge on any atom is 0.193 e. The molecule has 0 unspecified atom stereocenters. The highest BCUT2D eigenvalue weighted by molar-refractivity contribution is 5.80. The number of ether oxygens (including phenoxy) is 2. The van der Waals surface area contributed by atoms with E-state index in [0.717, 1.165) is 62.4 Å². The minimum Gasteiger partial charge on any atom is -0.486 e. The van der Waals surface area contributed by atoms with E-state index >= 15 is 0 Å². The Bertz CT molecular complexity index is 916. The zero-order chi connectivity index (χ0) is 21.8. The van der Waals surface area contributed by atoms with Crippen molar-refractivity contribution in [1.29, 1.82) is 0 Å². The van der Waals surface area contributed by atoms with Gasteiger partial charge in [-0.2, -0.15) is 0 Å². The second-order valence-electron chi connectivity index (χ2n) is 9.00. The average molecular weight is 440 g/mol. The fourth-order valence-electron chi connectivity index (χ4n) is 5.24. The Morgan fingerprint density at radius 2 is 1.84 bits per heavy atom. The summed E-state index contributed by atoms with van der Waals surface area (Å²) in [6, 6.07) is 8.44. The molecule has 0 bridgehead atoms. The monoisotopic (exact) mass is 439 g/mol. The van der Waals surface area contributed by atoms with Gasteiger partial charge in [0, 0.05) is 57.8 Å². The van der Waals surface area contributed by atoms with E-state index in [4.69, 9.17) is 14.0 Å². The van der Waals surface area contributed by atoms with Crippen molar-refractivity contribution in [3.05, 3.63) is 41.8 Å². The first-order chi connectivity index (χ1) is 15.8. The number of nitrogens with one attached hydrogen (secondary N) is 1. The van der Waals surface area contributed by atoms with Crippen LogP contribution in [-0.4, -0.2) is 73.9 Å². The predicted molar refractivity (Wildman–Crippen MR) is 122 cm³/mol. The molecule has 1 saturated carbocycles. The molecule has 1 aromatic heterocycles. The molecule has 3 heterocycles. The second kappa shape index (κ2) is 9.40. The van der Waals surface area contributed by atoms with Gasteiger partial charge >= 0.3 is 0 Å². The third-order valence-corrected chi connectivity index (χ3v) is 7.06. The van der Waals surface area contributed by atoms with E-state index in [1.54, 1.807) is 6.26 Å². The van der Waals surface area contributed by atoms with Crippen LogP contribution >= 0.6 is 0 Å². The van der Waals surface area contributed by atoms with Crippen LogP contribution in [0.2, 0.25) is 0 Å². The van der Waals surface area contributed by atoms with Gasteiger partial charge < -0.3 is 24.2 Å². The van der Waals surface area contributed by atoms with Crippen LogP contribution in [0.5, 0.6) is 11.5 Å². The molecule has 0 radical (unpaired) electrons. The number of aromatic nitrogens is 1. The first-order valence-electron chi connectivity index (χ1n) is 11.7. The zero-order valence-corrected chi connectivity index (χ0v) is 18.9. The van der Waals surface area contributed by atoms with Gasteiger partial charge in [-0.15, -0.1) is 0 Å². The van der Waals surface area contributed by atoms with E-state index in [0.29, 0.717) is 13.2 Å². The maximum absolute atomic E-state index is 5.87. The third kappa shape index (κ3) is 4.41. The van der Waals surface area contributed by atoms with Gasteiger partial charge in [0.25, 0.3) is 0 Å². The first-order valence-corrected chi connectivity index (χ1v) is 11.7. The van der Waals surface area contributed by atoms with E-state index in [9.17, 15) is 0 Å². The number of guanidine groups is 1. The summed E-state index contributed by atoms with van der Waals surface area (Å²) in [5, 5.41) is 7.75. The topological polar surface area (TPSA) is 75.4 Å². The molecule has 0 amide bonds. The van der Waals surface area contributed by atoms with Gasteiger partial charge in [-0.3, -0.25) is 9.89 Å². The average Bonchev–Trinajstić information content (AvgIpc) is 3.53. The normalized spacial score (nSPS) is 21.0. The summed E-state index contributed by atoms with van der Waals surface area (Å²) in [7, 11) is 1.88. The van der Waals surface area contributed by atoms with E-state index in [1.165, 1.54) is 31.2 Å². The van der Waals surface area contributed by atoms with Crippen molar-refractivity contribution in [3.8, 4) is 11.5 Å². The van der Waals surface area contributed by atoms with Gasteiger partial charge in [0.1, 0.15) is 19.5 Å². The number of nitrogens with zero attached hydrogens (tertiary/aromatic N) is 4. The van der Waals surface area contributed by atoms with Crippen molar-refractivity contribution in [3.63, 3.8) is 0 Å². The van der Waals surface area contributed by atoms with Crippen molar-refractivity contribution in [1.82, 2.24) is 20.3 Å². The Hall–Kier alpha value is -2.74. The quantitative estimate of drug-likeness (QED) is 0.567. The third-order valence-electron chi connectivity index (χ3n) is 7.06. The van der Waals surface area contributed by atoms with Gasteiger partial charge in [0.2, 0.25) is 0 Å². The number of piperazine rings is 1. The van der Waals surface area contributed by atoms with Gasteiger partial charge in [0.05, 0.1) is 5.69 Å².